The van der Waals surface area contributed by atoms with E-state index in [1.54, 1.807) is 0 Å². The van der Waals surface area contributed by atoms with Gasteiger partial charge in [-0.15, -0.1) is 0 Å². The van der Waals surface area contributed by atoms with Crippen molar-refractivity contribution >= 4 is 60.8 Å². The molecule has 240 valence electrons. The number of rotatable bonds is 28. The van der Waals surface area contributed by atoms with Gasteiger partial charge in [0.1, 0.15) is 0 Å². The van der Waals surface area contributed by atoms with Gasteiger partial charge in [0.2, 0.25) is 0 Å². The van der Waals surface area contributed by atoms with Gasteiger partial charge in [0.15, 0.2) is 0 Å². The molecule has 0 aromatic heterocycles. The average Bonchev–Trinajstić information content (AvgIpc) is 2.93. The van der Waals surface area contributed by atoms with Crippen LogP contribution >= 0.6 is 43.2 Å². The molecule has 6 nitrogen and oxygen atoms in total. The lowest BCUT2D eigenvalue weighted by molar-refractivity contribution is 0.0704. The van der Waals surface area contributed by atoms with Crippen LogP contribution in [0.4, 0.5) is 0 Å². The van der Waals surface area contributed by atoms with Gasteiger partial charge < -0.3 is 26.6 Å². The summed E-state index contributed by atoms with van der Waals surface area (Å²) in [7, 11) is 3.18. The smallest absolute Gasteiger partial charge is 0.374 e. The third-order valence-corrected chi connectivity index (χ3v) is 18.4. The van der Waals surface area contributed by atoms with Crippen LogP contribution in [0.3, 0.4) is 0 Å². The second-order valence-corrected chi connectivity index (χ2v) is 20.9. The van der Waals surface area contributed by atoms with Crippen molar-refractivity contribution in [3.05, 3.63) is 0 Å². The van der Waals surface area contributed by atoms with E-state index >= 15 is 0 Å². The molecular weight excluding hydrogens is 617 g/mol. The molecule has 1 aliphatic rings. The zero-order valence-electron chi connectivity index (χ0n) is 26.4. The largest absolute Gasteiger partial charge is 0.500 e. The SMILES string of the molecule is CCO[Si](CCCSSCCC1(CCSSCCC[Si](OCC)(OCC)OCC)CCCCC1)(OCC)OCC. The lowest BCUT2D eigenvalue weighted by atomic mass is 9.70. The quantitative estimate of drug-likeness (QED) is 0.0455. The van der Waals surface area contributed by atoms with Gasteiger partial charge in [-0.2, -0.15) is 0 Å². The first-order valence-electron chi connectivity index (χ1n) is 15.8. The second kappa shape index (κ2) is 24.9. The minimum absolute atomic E-state index is 0.557. The average molecular weight is 677 g/mol. The molecular formula is C28H60O6S4Si2. The van der Waals surface area contributed by atoms with Gasteiger partial charge in [-0.1, -0.05) is 62.4 Å². The Morgan fingerprint density at radius 3 is 1.12 bits per heavy atom. The van der Waals surface area contributed by atoms with Crippen molar-refractivity contribution in [1.82, 2.24) is 0 Å². The van der Waals surface area contributed by atoms with Gasteiger partial charge in [0.05, 0.1) is 0 Å². The van der Waals surface area contributed by atoms with E-state index in [1.807, 2.05) is 63.1 Å². The van der Waals surface area contributed by atoms with Crippen molar-refractivity contribution in [2.75, 3.05) is 62.7 Å². The lowest BCUT2D eigenvalue weighted by Crippen LogP contribution is -2.46. The van der Waals surface area contributed by atoms with Gasteiger partial charge in [-0.25, -0.2) is 0 Å². The molecule has 0 N–H and O–H groups in total. The number of hydrogen-bond acceptors (Lipinski definition) is 10. The maximum Gasteiger partial charge on any atom is 0.500 e. The predicted molar refractivity (Wildman–Crippen MR) is 185 cm³/mol. The molecule has 0 aromatic carbocycles. The molecule has 1 saturated carbocycles. The topological polar surface area (TPSA) is 55.4 Å². The van der Waals surface area contributed by atoms with Crippen LogP contribution in [-0.2, 0) is 26.6 Å². The van der Waals surface area contributed by atoms with Crippen LogP contribution in [0.1, 0.15) is 99.3 Å². The van der Waals surface area contributed by atoms with E-state index in [0.717, 1.165) is 36.4 Å². The summed E-state index contributed by atoms with van der Waals surface area (Å²) in [4.78, 5) is 0. The molecule has 0 unspecified atom stereocenters. The minimum Gasteiger partial charge on any atom is -0.374 e. The Kier molecular flexibility index (Phi) is 24.6. The Labute approximate surface area is 265 Å². The maximum absolute atomic E-state index is 6.00. The fourth-order valence-corrected chi connectivity index (χ4v) is 15.8. The van der Waals surface area contributed by atoms with E-state index in [4.69, 9.17) is 26.6 Å². The monoisotopic (exact) mass is 676 g/mol. The van der Waals surface area contributed by atoms with E-state index in [-0.39, 0.29) is 0 Å². The molecule has 0 aliphatic heterocycles. The Balaban J connectivity index is 2.32. The van der Waals surface area contributed by atoms with Gasteiger partial charge >= 0.3 is 17.6 Å². The summed E-state index contributed by atoms with van der Waals surface area (Å²) >= 11 is 0. The van der Waals surface area contributed by atoms with E-state index in [9.17, 15) is 0 Å². The zero-order chi connectivity index (χ0) is 29.4. The molecule has 0 radical (unpaired) electrons. The number of hydrogen-bond donors (Lipinski definition) is 0. The van der Waals surface area contributed by atoms with Crippen molar-refractivity contribution < 1.29 is 26.6 Å². The van der Waals surface area contributed by atoms with Crippen LogP contribution in [-0.4, -0.2) is 80.3 Å². The van der Waals surface area contributed by atoms with Crippen molar-refractivity contribution in [2.24, 2.45) is 5.41 Å². The fraction of sp³-hybridized carbons (Fsp3) is 1.00. The highest BCUT2D eigenvalue weighted by atomic mass is 33.1. The lowest BCUT2D eigenvalue weighted by Gasteiger charge is -2.37. The van der Waals surface area contributed by atoms with Crippen LogP contribution in [0, 0.1) is 5.41 Å². The van der Waals surface area contributed by atoms with Crippen LogP contribution < -0.4 is 0 Å². The molecule has 1 rings (SSSR count). The Morgan fingerprint density at radius 1 is 0.475 bits per heavy atom. The van der Waals surface area contributed by atoms with Crippen molar-refractivity contribution in [1.29, 1.82) is 0 Å². The maximum atomic E-state index is 6.00. The molecule has 0 amide bonds. The van der Waals surface area contributed by atoms with Crippen LogP contribution in [0.15, 0.2) is 0 Å². The molecule has 1 fully saturated rings. The fourth-order valence-electron chi connectivity index (χ4n) is 5.38. The van der Waals surface area contributed by atoms with E-state index in [2.05, 4.69) is 21.6 Å². The predicted octanol–water partition coefficient (Wildman–Crippen LogP) is 9.36. The summed E-state index contributed by atoms with van der Waals surface area (Å²) < 4.78 is 36.0. The molecule has 1 aliphatic carbocycles. The van der Waals surface area contributed by atoms with Crippen LogP contribution in [0.2, 0.25) is 12.1 Å². The van der Waals surface area contributed by atoms with E-state index in [0.29, 0.717) is 45.1 Å². The summed E-state index contributed by atoms with van der Waals surface area (Å²) in [6.07, 6.45) is 12.0. The van der Waals surface area contributed by atoms with Crippen molar-refractivity contribution in [2.45, 2.75) is 111 Å². The highest BCUT2D eigenvalue weighted by Crippen LogP contribution is 2.45. The highest BCUT2D eigenvalue weighted by molar-refractivity contribution is 8.77. The van der Waals surface area contributed by atoms with Crippen LogP contribution in [0.5, 0.6) is 0 Å². The Bertz CT molecular complexity index is 515. The first kappa shape index (κ1) is 39.6. The normalized spacial score (nSPS) is 16.1. The first-order chi connectivity index (χ1) is 19.5. The summed E-state index contributed by atoms with van der Waals surface area (Å²) in [5.41, 5.74) is 0.557. The first-order valence-corrected chi connectivity index (χ1v) is 24.6. The summed E-state index contributed by atoms with van der Waals surface area (Å²) in [6.45, 7) is 16.1. The van der Waals surface area contributed by atoms with E-state index in [1.165, 1.54) is 56.5 Å². The molecule has 40 heavy (non-hydrogen) atoms. The standard InChI is InChI=1S/C28H60O6S4Si2/c1-7-29-39(30-8-2,31-9-3)26-16-22-35-37-24-20-28(18-14-13-15-19-28)21-25-38-36-23-17-27-40(32-10-4,33-11-5)34-12-6/h7-27H2,1-6H3. The van der Waals surface area contributed by atoms with E-state index < -0.39 is 17.6 Å². The van der Waals surface area contributed by atoms with Crippen LogP contribution in [0.25, 0.3) is 0 Å². The Morgan fingerprint density at radius 2 is 0.800 bits per heavy atom. The molecule has 0 aromatic rings. The van der Waals surface area contributed by atoms with Gasteiger partial charge in [0, 0.05) is 74.7 Å². The molecule has 0 saturated heterocycles. The summed E-state index contributed by atoms with van der Waals surface area (Å²) in [6, 6.07) is 1.84. The van der Waals surface area contributed by atoms with Gasteiger partial charge in [0.25, 0.3) is 0 Å². The van der Waals surface area contributed by atoms with Gasteiger partial charge in [-0.05, 0) is 85.5 Å². The van der Waals surface area contributed by atoms with Crippen molar-refractivity contribution in [3.63, 3.8) is 0 Å². The Hall–Kier alpha value is 1.59. The van der Waals surface area contributed by atoms with Crippen molar-refractivity contribution in [3.8, 4) is 0 Å². The third-order valence-electron chi connectivity index (χ3n) is 7.12. The molecule has 0 heterocycles. The third kappa shape index (κ3) is 16.6. The zero-order valence-corrected chi connectivity index (χ0v) is 31.7. The minimum atomic E-state index is -2.50. The highest BCUT2D eigenvalue weighted by Gasteiger charge is 2.40. The molecule has 0 atom stereocenters. The van der Waals surface area contributed by atoms with Gasteiger partial charge in [-0.3, -0.25) is 0 Å². The molecule has 0 bridgehead atoms. The summed E-state index contributed by atoms with van der Waals surface area (Å²) in [5.74, 6) is 4.77. The second-order valence-electron chi connectivity index (χ2n) is 10.0. The molecule has 0 spiro atoms. The summed E-state index contributed by atoms with van der Waals surface area (Å²) in [5, 5.41) is 0. The molecule has 12 heteroatoms.